The molecule has 0 saturated carbocycles. The van der Waals surface area contributed by atoms with Crippen LogP contribution < -0.4 is 10.2 Å². The number of rotatable bonds is 8. The quantitative estimate of drug-likeness (QED) is 0.526. The summed E-state index contributed by atoms with van der Waals surface area (Å²) < 4.78 is 5.73. The molecule has 8 heteroatoms. The summed E-state index contributed by atoms with van der Waals surface area (Å²) in [6.07, 6.45) is 1.73. The Morgan fingerprint density at radius 1 is 1.21 bits per heavy atom. The Morgan fingerprint density at radius 2 is 1.97 bits per heavy atom. The molecule has 1 aliphatic heterocycles. The number of pyridine rings is 1. The van der Waals surface area contributed by atoms with Gasteiger partial charge in [0, 0.05) is 25.8 Å². The molecule has 1 aromatic heterocycles. The van der Waals surface area contributed by atoms with Crippen LogP contribution in [0, 0.1) is 5.92 Å². The van der Waals surface area contributed by atoms with E-state index >= 15 is 0 Å². The molecule has 3 amide bonds. The summed E-state index contributed by atoms with van der Waals surface area (Å²) >= 11 is 0. The average molecular weight is 398 g/mol. The third kappa shape index (κ3) is 5.03. The SMILES string of the molecule is CC(C)C(C(=O)NO)N1CCN(Cc2ccc(OCc3ccccn3)cc2)C1=O. The van der Waals surface area contributed by atoms with Crippen LogP contribution >= 0.6 is 0 Å². The van der Waals surface area contributed by atoms with Crippen molar-refractivity contribution in [1.82, 2.24) is 20.3 Å². The van der Waals surface area contributed by atoms with Crippen molar-refractivity contribution in [3.63, 3.8) is 0 Å². The third-order valence-corrected chi connectivity index (χ3v) is 4.88. The molecule has 2 aromatic rings. The van der Waals surface area contributed by atoms with Gasteiger partial charge >= 0.3 is 6.03 Å². The number of carbonyl (C=O) groups excluding carboxylic acids is 2. The van der Waals surface area contributed by atoms with Gasteiger partial charge in [0.25, 0.3) is 5.91 Å². The molecule has 3 rings (SSSR count). The standard InChI is InChI=1S/C21H26N4O4/c1-15(2)19(20(26)23-28)25-12-11-24(21(25)27)13-16-6-8-18(9-7-16)29-14-17-5-3-4-10-22-17/h3-10,15,19,28H,11-14H2,1-2H3,(H,23,26). The van der Waals surface area contributed by atoms with E-state index in [1.165, 1.54) is 4.90 Å². The molecule has 0 spiro atoms. The van der Waals surface area contributed by atoms with Crippen molar-refractivity contribution in [3.05, 3.63) is 59.9 Å². The fraction of sp³-hybridized carbons (Fsp3) is 0.381. The van der Waals surface area contributed by atoms with Crippen molar-refractivity contribution in [3.8, 4) is 5.75 Å². The number of amides is 3. The zero-order valence-corrected chi connectivity index (χ0v) is 16.6. The molecule has 1 fully saturated rings. The van der Waals surface area contributed by atoms with Crippen molar-refractivity contribution < 1.29 is 19.5 Å². The molecule has 0 radical (unpaired) electrons. The largest absolute Gasteiger partial charge is 0.487 e. The first-order chi connectivity index (χ1) is 14.0. The van der Waals surface area contributed by atoms with Gasteiger partial charge in [-0.05, 0) is 35.7 Å². The number of benzene rings is 1. The molecule has 1 aromatic carbocycles. The van der Waals surface area contributed by atoms with Gasteiger partial charge in [0.1, 0.15) is 18.4 Å². The van der Waals surface area contributed by atoms with Gasteiger partial charge in [0.05, 0.1) is 5.69 Å². The summed E-state index contributed by atoms with van der Waals surface area (Å²) in [5, 5.41) is 8.98. The van der Waals surface area contributed by atoms with E-state index in [-0.39, 0.29) is 11.9 Å². The molecule has 0 aliphatic carbocycles. The molecule has 2 N–H and O–H groups in total. The molecular formula is C21H26N4O4. The van der Waals surface area contributed by atoms with Gasteiger partial charge in [0.15, 0.2) is 0 Å². The average Bonchev–Trinajstić information content (AvgIpc) is 3.08. The van der Waals surface area contributed by atoms with Crippen LogP contribution in [0.25, 0.3) is 0 Å². The Balaban J connectivity index is 1.57. The maximum Gasteiger partial charge on any atom is 0.321 e. The van der Waals surface area contributed by atoms with Crippen molar-refractivity contribution in [1.29, 1.82) is 0 Å². The Labute approximate surface area is 170 Å². The molecule has 2 heterocycles. The predicted molar refractivity (Wildman–Crippen MR) is 106 cm³/mol. The van der Waals surface area contributed by atoms with Crippen LogP contribution in [0.4, 0.5) is 4.79 Å². The van der Waals surface area contributed by atoms with Crippen molar-refractivity contribution in [2.75, 3.05) is 13.1 Å². The highest BCUT2D eigenvalue weighted by Gasteiger charge is 2.38. The highest BCUT2D eigenvalue weighted by Crippen LogP contribution is 2.21. The highest BCUT2D eigenvalue weighted by atomic mass is 16.5. The normalized spacial score (nSPS) is 15.0. The summed E-state index contributed by atoms with van der Waals surface area (Å²) in [4.78, 5) is 32.2. The number of aromatic nitrogens is 1. The zero-order chi connectivity index (χ0) is 20.8. The number of hydrogen-bond acceptors (Lipinski definition) is 5. The lowest BCUT2D eigenvalue weighted by molar-refractivity contribution is -0.135. The second-order valence-electron chi connectivity index (χ2n) is 7.32. The molecule has 8 nitrogen and oxygen atoms in total. The zero-order valence-electron chi connectivity index (χ0n) is 16.6. The van der Waals surface area contributed by atoms with E-state index in [1.54, 1.807) is 16.6 Å². The van der Waals surface area contributed by atoms with Crippen LogP contribution in [0.5, 0.6) is 5.75 Å². The molecule has 29 heavy (non-hydrogen) atoms. The van der Waals surface area contributed by atoms with Gasteiger partial charge in [0.2, 0.25) is 0 Å². The molecule has 1 unspecified atom stereocenters. The fourth-order valence-corrected chi connectivity index (χ4v) is 3.43. The van der Waals surface area contributed by atoms with E-state index in [9.17, 15) is 9.59 Å². The first-order valence-electron chi connectivity index (χ1n) is 9.60. The van der Waals surface area contributed by atoms with Crippen LogP contribution in [-0.4, -0.2) is 51.1 Å². The van der Waals surface area contributed by atoms with Gasteiger partial charge in [-0.25, -0.2) is 10.3 Å². The molecule has 1 aliphatic rings. The minimum Gasteiger partial charge on any atom is -0.487 e. The molecule has 0 bridgehead atoms. The summed E-state index contributed by atoms with van der Waals surface area (Å²) in [7, 11) is 0. The number of ether oxygens (including phenoxy) is 1. The van der Waals surface area contributed by atoms with Crippen LogP contribution in [0.1, 0.15) is 25.1 Å². The van der Waals surface area contributed by atoms with Crippen LogP contribution in [0.2, 0.25) is 0 Å². The third-order valence-electron chi connectivity index (χ3n) is 4.88. The Morgan fingerprint density at radius 3 is 2.59 bits per heavy atom. The van der Waals surface area contributed by atoms with E-state index in [0.29, 0.717) is 26.2 Å². The maximum atomic E-state index is 12.8. The lowest BCUT2D eigenvalue weighted by atomic mass is 10.0. The van der Waals surface area contributed by atoms with Crippen LogP contribution in [0.3, 0.4) is 0 Å². The van der Waals surface area contributed by atoms with Gasteiger partial charge in [-0.3, -0.25) is 15.0 Å². The van der Waals surface area contributed by atoms with Gasteiger partial charge in [-0.15, -0.1) is 0 Å². The number of hydroxylamine groups is 1. The Bertz CT molecular complexity index is 826. The first kappa shape index (κ1) is 20.6. The highest BCUT2D eigenvalue weighted by molar-refractivity contribution is 5.87. The fourth-order valence-electron chi connectivity index (χ4n) is 3.43. The lowest BCUT2D eigenvalue weighted by Gasteiger charge is -2.29. The number of hydrogen-bond donors (Lipinski definition) is 2. The molecule has 1 atom stereocenters. The maximum absolute atomic E-state index is 12.8. The van der Waals surface area contributed by atoms with Crippen molar-refractivity contribution in [2.45, 2.75) is 33.0 Å². The lowest BCUT2D eigenvalue weighted by Crippen LogP contribution is -2.50. The minimum absolute atomic E-state index is 0.110. The molecule has 154 valence electrons. The summed E-state index contributed by atoms with van der Waals surface area (Å²) in [6, 6.07) is 12.4. The topological polar surface area (TPSA) is 95.0 Å². The van der Waals surface area contributed by atoms with Gasteiger partial charge in [-0.2, -0.15) is 0 Å². The van der Waals surface area contributed by atoms with Gasteiger partial charge < -0.3 is 14.5 Å². The Kier molecular flexibility index (Phi) is 6.66. The second-order valence-corrected chi connectivity index (χ2v) is 7.32. The predicted octanol–water partition coefficient (Wildman–Crippen LogP) is 2.43. The van der Waals surface area contributed by atoms with Gasteiger partial charge in [-0.1, -0.05) is 32.0 Å². The smallest absolute Gasteiger partial charge is 0.321 e. The summed E-state index contributed by atoms with van der Waals surface area (Å²) in [5.41, 5.74) is 3.49. The van der Waals surface area contributed by atoms with E-state index in [4.69, 9.17) is 9.94 Å². The van der Waals surface area contributed by atoms with E-state index < -0.39 is 11.9 Å². The van der Waals surface area contributed by atoms with Crippen molar-refractivity contribution in [2.24, 2.45) is 5.92 Å². The van der Waals surface area contributed by atoms with Crippen LogP contribution in [-0.2, 0) is 17.9 Å². The first-order valence-corrected chi connectivity index (χ1v) is 9.60. The van der Waals surface area contributed by atoms with Crippen molar-refractivity contribution >= 4 is 11.9 Å². The minimum atomic E-state index is -0.695. The number of carbonyl (C=O) groups is 2. The van der Waals surface area contributed by atoms with E-state index in [1.807, 2.05) is 56.3 Å². The molecular weight excluding hydrogens is 372 g/mol. The van der Waals surface area contributed by atoms with E-state index in [0.717, 1.165) is 17.0 Å². The summed E-state index contributed by atoms with van der Waals surface area (Å²) in [6.45, 7) is 5.50. The number of urea groups is 1. The molecule has 1 saturated heterocycles. The summed E-state index contributed by atoms with van der Waals surface area (Å²) in [5.74, 6) is 0.0551. The second kappa shape index (κ2) is 9.38. The van der Waals surface area contributed by atoms with E-state index in [2.05, 4.69) is 4.98 Å². The monoisotopic (exact) mass is 398 g/mol. The number of nitrogens with zero attached hydrogens (tertiary/aromatic N) is 3. The number of nitrogens with one attached hydrogen (secondary N) is 1. The Hall–Kier alpha value is -3.13. The van der Waals surface area contributed by atoms with Crippen LogP contribution in [0.15, 0.2) is 48.7 Å².